The first-order valence-corrected chi connectivity index (χ1v) is 12.7. The molecule has 2 aliphatic rings. The molecule has 0 N–H and O–H groups in total. The maximum Gasteiger partial charge on any atom is 0.356 e. The molecule has 2 bridgehead atoms. The van der Waals surface area contributed by atoms with Crippen LogP contribution in [0.25, 0.3) is 21.9 Å². The van der Waals surface area contributed by atoms with Crippen LogP contribution >= 0.6 is 0 Å². The zero-order chi connectivity index (χ0) is 25.8. The Bertz CT molecular complexity index is 1420. The van der Waals surface area contributed by atoms with Crippen molar-refractivity contribution in [1.82, 2.24) is 9.47 Å². The van der Waals surface area contributed by atoms with Crippen LogP contribution in [0, 0.1) is 17.8 Å². The number of carbonyl (C=O) groups is 2. The summed E-state index contributed by atoms with van der Waals surface area (Å²) in [6, 6.07) is 15.3. The maximum atomic E-state index is 13.5. The highest BCUT2D eigenvalue weighted by molar-refractivity contribution is 6.07. The molecule has 6 heteroatoms. The molecule has 0 radical (unpaired) electrons. The minimum Gasteiger partial charge on any atom is -0.451 e. The van der Waals surface area contributed by atoms with Gasteiger partial charge in [0.15, 0.2) is 6.61 Å². The van der Waals surface area contributed by atoms with Crippen LogP contribution in [0.3, 0.4) is 0 Å². The average molecular weight is 487 g/mol. The third-order valence-electron chi connectivity index (χ3n) is 8.29. The highest BCUT2D eigenvalue weighted by atomic mass is 16.5. The number of hydrogen-bond acceptors (Lipinski definition) is 4. The number of hydrogen-bond donors (Lipinski definition) is 0. The van der Waals surface area contributed by atoms with E-state index in [1.54, 1.807) is 13.1 Å². The lowest BCUT2D eigenvalue weighted by molar-refractivity contribution is -0.140. The molecular weight excluding hydrogens is 452 g/mol. The first-order valence-electron chi connectivity index (χ1n) is 12.7. The lowest BCUT2D eigenvalue weighted by Crippen LogP contribution is -2.49. The van der Waals surface area contributed by atoms with Crippen LogP contribution in [0.15, 0.2) is 53.3 Å². The number of aryl methyl sites for hydroxylation is 1. The van der Waals surface area contributed by atoms with Crippen molar-refractivity contribution in [3.05, 3.63) is 70.1 Å². The fourth-order valence-electron chi connectivity index (χ4n) is 6.60. The van der Waals surface area contributed by atoms with Gasteiger partial charge in [0.1, 0.15) is 5.69 Å². The van der Waals surface area contributed by atoms with Gasteiger partial charge in [-0.3, -0.25) is 9.59 Å². The van der Waals surface area contributed by atoms with Crippen molar-refractivity contribution in [2.24, 2.45) is 17.9 Å². The zero-order valence-electron chi connectivity index (χ0n) is 21.8. The molecule has 2 fully saturated rings. The van der Waals surface area contributed by atoms with E-state index in [1.807, 2.05) is 54.3 Å². The molecule has 6 nitrogen and oxygen atoms in total. The van der Waals surface area contributed by atoms with Crippen molar-refractivity contribution in [2.75, 3.05) is 13.2 Å². The van der Waals surface area contributed by atoms with Crippen molar-refractivity contribution in [3.63, 3.8) is 0 Å². The number of pyridine rings is 1. The molecule has 1 saturated carbocycles. The number of rotatable bonds is 4. The smallest absolute Gasteiger partial charge is 0.356 e. The van der Waals surface area contributed by atoms with Crippen LogP contribution in [0.1, 0.15) is 56.1 Å². The van der Waals surface area contributed by atoms with Gasteiger partial charge in [0.2, 0.25) is 0 Å². The Balaban J connectivity index is 1.47. The molecule has 2 heterocycles. The largest absolute Gasteiger partial charge is 0.451 e. The van der Waals surface area contributed by atoms with Gasteiger partial charge in [-0.2, -0.15) is 0 Å². The number of likely N-dealkylation sites (tertiary alicyclic amines) is 1. The van der Waals surface area contributed by atoms with Gasteiger partial charge in [-0.05, 0) is 54.0 Å². The minimum atomic E-state index is -0.670. The molecule has 1 aromatic heterocycles. The second-order valence-corrected chi connectivity index (χ2v) is 11.6. The highest BCUT2D eigenvalue weighted by Crippen LogP contribution is 2.55. The van der Waals surface area contributed by atoms with Crippen molar-refractivity contribution < 1.29 is 14.3 Å². The molecule has 2 atom stereocenters. The molecule has 188 valence electrons. The van der Waals surface area contributed by atoms with Crippen molar-refractivity contribution in [1.29, 1.82) is 0 Å². The summed E-state index contributed by atoms with van der Waals surface area (Å²) in [6.45, 7) is 9.10. The third-order valence-corrected chi connectivity index (χ3v) is 8.29. The molecule has 0 spiro atoms. The number of amides is 1. The number of ether oxygens (including phenoxy) is 1. The highest BCUT2D eigenvalue weighted by Gasteiger charge is 2.53. The summed E-state index contributed by atoms with van der Waals surface area (Å²) < 4.78 is 6.97. The Hall–Kier alpha value is -3.41. The molecule has 1 amide bonds. The molecule has 2 aromatic carbocycles. The van der Waals surface area contributed by atoms with E-state index < -0.39 is 5.97 Å². The first-order chi connectivity index (χ1) is 17.0. The predicted molar refractivity (Wildman–Crippen MR) is 141 cm³/mol. The van der Waals surface area contributed by atoms with Gasteiger partial charge in [-0.25, -0.2) is 4.79 Å². The van der Waals surface area contributed by atoms with E-state index in [1.165, 1.54) is 4.57 Å². The summed E-state index contributed by atoms with van der Waals surface area (Å²) in [7, 11) is 1.58. The third kappa shape index (κ3) is 4.02. The number of aromatic nitrogens is 1. The lowest BCUT2D eigenvalue weighted by Gasteiger charge is -2.40. The second-order valence-electron chi connectivity index (χ2n) is 11.6. The van der Waals surface area contributed by atoms with Crippen molar-refractivity contribution >= 4 is 22.6 Å². The Morgan fingerprint density at radius 2 is 1.69 bits per heavy atom. The quantitative estimate of drug-likeness (QED) is 0.481. The number of piperidine rings is 1. The van der Waals surface area contributed by atoms with Gasteiger partial charge in [-0.1, -0.05) is 68.8 Å². The summed E-state index contributed by atoms with van der Waals surface area (Å²) in [5.74, 6) is -0.843. The van der Waals surface area contributed by atoms with Gasteiger partial charge in [0, 0.05) is 30.6 Å². The van der Waals surface area contributed by atoms with Crippen LogP contribution in [0.2, 0.25) is 0 Å². The molecule has 5 rings (SSSR count). The maximum absolute atomic E-state index is 13.5. The Labute approximate surface area is 211 Å². The zero-order valence-corrected chi connectivity index (χ0v) is 21.8. The van der Waals surface area contributed by atoms with Gasteiger partial charge in [0.25, 0.3) is 11.5 Å². The molecule has 36 heavy (non-hydrogen) atoms. The van der Waals surface area contributed by atoms with Gasteiger partial charge < -0.3 is 14.2 Å². The monoisotopic (exact) mass is 486 g/mol. The normalized spacial score (nSPS) is 22.6. The van der Waals surface area contributed by atoms with Gasteiger partial charge >= 0.3 is 5.97 Å². The van der Waals surface area contributed by atoms with E-state index in [0.29, 0.717) is 22.9 Å². The Kier molecular flexibility index (Phi) is 5.81. The van der Waals surface area contributed by atoms with Crippen LogP contribution in [-0.2, 0) is 16.6 Å². The average Bonchev–Trinajstić information content (AvgIpc) is 3.03. The number of benzene rings is 2. The summed E-state index contributed by atoms with van der Waals surface area (Å²) in [5.41, 5.74) is 2.73. The van der Waals surface area contributed by atoms with Crippen molar-refractivity contribution in [3.8, 4) is 11.1 Å². The summed E-state index contributed by atoms with van der Waals surface area (Å²) in [5, 5.41) is 1.22. The van der Waals surface area contributed by atoms with E-state index in [-0.39, 0.29) is 40.6 Å². The van der Waals surface area contributed by atoms with E-state index >= 15 is 0 Å². The predicted octanol–water partition coefficient (Wildman–Crippen LogP) is 5.10. The molecule has 2 unspecified atom stereocenters. The topological polar surface area (TPSA) is 68.6 Å². The number of nitrogens with zero attached hydrogens (tertiary/aromatic N) is 2. The molecule has 3 aromatic rings. The standard InChI is InChI=1S/C30H34N2O4/c1-19-10-12-20(13-11-19)25-21-8-6-7-9-22(21)27(34)31(5)26(25)28(35)36-17-24(33)32-15-14-30(4)16-23(32)29(2,3)18-30/h6-13,23H,14-18H2,1-5H3. The molecule has 1 saturated heterocycles. The number of esters is 1. The fraction of sp³-hybridized carbons (Fsp3) is 0.433. The van der Waals surface area contributed by atoms with Gasteiger partial charge in [0.05, 0.1) is 0 Å². The Morgan fingerprint density at radius 1 is 1.03 bits per heavy atom. The van der Waals surface area contributed by atoms with E-state index in [4.69, 9.17) is 4.74 Å². The second kappa shape index (κ2) is 8.61. The van der Waals surface area contributed by atoms with E-state index in [9.17, 15) is 14.4 Å². The lowest BCUT2D eigenvalue weighted by atomic mass is 9.81. The van der Waals surface area contributed by atoms with E-state index in [2.05, 4.69) is 20.8 Å². The first kappa shape index (κ1) is 24.3. The van der Waals surface area contributed by atoms with Crippen LogP contribution in [0.5, 0.6) is 0 Å². The minimum absolute atomic E-state index is 0.0335. The van der Waals surface area contributed by atoms with E-state index in [0.717, 1.165) is 30.4 Å². The van der Waals surface area contributed by atoms with Crippen molar-refractivity contribution in [2.45, 2.75) is 53.0 Å². The number of carbonyl (C=O) groups excluding carboxylic acids is 2. The number of fused-ring (bicyclic) bond motifs is 3. The Morgan fingerprint density at radius 3 is 2.39 bits per heavy atom. The summed E-state index contributed by atoms with van der Waals surface area (Å²) in [6.07, 6.45) is 3.03. The molecule has 1 aliphatic carbocycles. The SMILES string of the molecule is Cc1ccc(-c2c(C(=O)OCC(=O)N3CCC4(C)CC3C(C)(C)C4)n(C)c(=O)c3ccccc23)cc1. The summed E-state index contributed by atoms with van der Waals surface area (Å²) in [4.78, 5) is 41.8. The molecule has 1 aliphatic heterocycles. The van der Waals surface area contributed by atoms with Gasteiger partial charge in [-0.15, -0.1) is 0 Å². The van der Waals surface area contributed by atoms with Crippen LogP contribution in [0.4, 0.5) is 0 Å². The molecular formula is C30H34N2O4. The summed E-state index contributed by atoms with van der Waals surface area (Å²) >= 11 is 0. The van der Waals surface area contributed by atoms with Crippen LogP contribution in [-0.4, -0.2) is 40.5 Å². The van der Waals surface area contributed by atoms with Crippen LogP contribution < -0.4 is 5.56 Å². The fourth-order valence-corrected chi connectivity index (χ4v) is 6.60.